The summed E-state index contributed by atoms with van der Waals surface area (Å²) in [5.41, 5.74) is 3.98. The quantitative estimate of drug-likeness (QED) is 0.517. The Balaban J connectivity index is 1.29. The number of H-pyrrole nitrogens is 1. The predicted molar refractivity (Wildman–Crippen MR) is 122 cm³/mol. The van der Waals surface area contributed by atoms with Crippen molar-refractivity contribution in [2.24, 2.45) is 0 Å². The summed E-state index contributed by atoms with van der Waals surface area (Å²) in [6.45, 7) is 3.63. The number of nitrogens with one attached hydrogen (secondary N) is 1. The van der Waals surface area contributed by atoms with Gasteiger partial charge in [-0.1, -0.05) is 0 Å². The summed E-state index contributed by atoms with van der Waals surface area (Å²) in [7, 11) is 1.61. The van der Waals surface area contributed by atoms with E-state index in [1.54, 1.807) is 24.3 Å². The number of aromatic amines is 1. The molecule has 32 heavy (non-hydrogen) atoms. The maximum absolute atomic E-state index is 12.9. The summed E-state index contributed by atoms with van der Waals surface area (Å²) in [4.78, 5) is 41.4. The van der Waals surface area contributed by atoms with Crippen LogP contribution in [-0.4, -0.2) is 70.2 Å². The van der Waals surface area contributed by atoms with Gasteiger partial charge in [-0.05, 0) is 36.4 Å². The molecule has 1 aliphatic rings. The molecule has 4 aromatic rings. The number of imidazole rings is 1. The van der Waals surface area contributed by atoms with Crippen LogP contribution in [0.5, 0.6) is 0 Å². The molecule has 1 amide bonds. The summed E-state index contributed by atoms with van der Waals surface area (Å²) in [6.07, 6.45) is 3.20. The van der Waals surface area contributed by atoms with Crippen molar-refractivity contribution in [3.05, 3.63) is 65.0 Å². The first-order valence-electron chi connectivity index (χ1n) is 10.6. The number of carbonyl (C=O) groups excluding carboxylic acids is 1. The topological polar surface area (TPSA) is 96.3 Å². The Bertz CT molecular complexity index is 1340. The molecule has 0 radical (unpaired) electrons. The number of fused-ring (bicyclic) bond motifs is 2. The second-order valence-electron chi connectivity index (χ2n) is 7.85. The fraction of sp³-hybridized carbons (Fsp3) is 0.304. The standard InChI is InChI=1S/C23H24N6O3/c1-32-11-10-29-15-26-20-13-17(3-4-18(20)23(29)31)27-6-8-28(9-7-27)22(30)16-2-5-19-21(12-16)25-14-24-19/h2-5,12-15H,6-11H2,1H3,(H,24,25). The van der Waals surface area contributed by atoms with Crippen molar-refractivity contribution in [1.82, 2.24) is 24.4 Å². The third-order valence-electron chi connectivity index (χ3n) is 5.94. The molecule has 1 aliphatic heterocycles. The molecule has 0 atom stereocenters. The first-order chi connectivity index (χ1) is 15.6. The molecule has 5 rings (SSSR count). The van der Waals surface area contributed by atoms with Crippen LogP contribution in [0, 0.1) is 0 Å². The van der Waals surface area contributed by atoms with Gasteiger partial charge in [0.15, 0.2) is 0 Å². The van der Waals surface area contributed by atoms with E-state index in [4.69, 9.17) is 4.74 Å². The molecule has 1 fully saturated rings. The molecule has 9 nitrogen and oxygen atoms in total. The molecule has 0 aliphatic carbocycles. The lowest BCUT2D eigenvalue weighted by Gasteiger charge is -2.36. The molecule has 164 valence electrons. The van der Waals surface area contributed by atoms with Gasteiger partial charge < -0.3 is 19.5 Å². The van der Waals surface area contributed by atoms with Gasteiger partial charge in [-0.25, -0.2) is 9.97 Å². The number of nitrogens with zero attached hydrogens (tertiary/aromatic N) is 5. The highest BCUT2D eigenvalue weighted by atomic mass is 16.5. The van der Waals surface area contributed by atoms with Crippen molar-refractivity contribution in [2.45, 2.75) is 6.54 Å². The van der Waals surface area contributed by atoms with Gasteiger partial charge in [0.2, 0.25) is 0 Å². The van der Waals surface area contributed by atoms with E-state index in [0.29, 0.717) is 55.8 Å². The monoisotopic (exact) mass is 432 g/mol. The molecule has 0 unspecified atom stereocenters. The van der Waals surface area contributed by atoms with Crippen molar-refractivity contribution in [1.29, 1.82) is 0 Å². The van der Waals surface area contributed by atoms with Gasteiger partial charge in [-0.3, -0.25) is 14.2 Å². The minimum Gasteiger partial charge on any atom is -0.383 e. The van der Waals surface area contributed by atoms with Crippen LogP contribution in [0.25, 0.3) is 21.9 Å². The van der Waals surface area contributed by atoms with Crippen molar-refractivity contribution < 1.29 is 9.53 Å². The van der Waals surface area contributed by atoms with Gasteiger partial charge in [-0.15, -0.1) is 0 Å². The van der Waals surface area contributed by atoms with Crippen molar-refractivity contribution >= 4 is 33.5 Å². The van der Waals surface area contributed by atoms with Crippen LogP contribution in [0.4, 0.5) is 5.69 Å². The number of benzene rings is 2. The molecular formula is C23H24N6O3. The Hall–Kier alpha value is -3.72. The molecule has 0 saturated carbocycles. The molecule has 0 bridgehead atoms. The van der Waals surface area contributed by atoms with Crippen LogP contribution in [0.15, 0.2) is 53.8 Å². The van der Waals surface area contributed by atoms with E-state index in [1.165, 1.54) is 0 Å². The molecule has 0 spiro atoms. The molecule has 1 N–H and O–H groups in total. The zero-order valence-electron chi connectivity index (χ0n) is 17.8. The number of aromatic nitrogens is 4. The fourth-order valence-electron chi connectivity index (χ4n) is 4.11. The van der Waals surface area contributed by atoms with Gasteiger partial charge in [-0.2, -0.15) is 0 Å². The number of ether oxygens (including phenoxy) is 1. The number of carbonyl (C=O) groups is 1. The summed E-state index contributed by atoms with van der Waals surface area (Å²) >= 11 is 0. The third kappa shape index (κ3) is 3.71. The highest BCUT2D eigenvalue weighted by Gasteiger charge is 2.23. The summed E-state index contributed by atoms with van der Waals surface area (Å²) in [5.74, 6) is 0.0259. The second kappa shape index (κ2) is 8.43. The van der Waals surface area contributed by atoms with Crippen LogP contribution >= 0.6 is 0 Å². The van der Waals surface area contributed by atoms with Crippen LogP contribution in [0.1, 0.15) is 10.4 Å². The van der Waals surface area contributed by atoms with Gasteiger partial charge in [0.25, 0.3) is 11.5 Å². The smallest absolute Gasteiger partial charge is 0.261 e. The van der Waals surface area contributed by atoms with Gasteiger partial charge in [0.1, 0.15) is 0 Å². The Labute approximate surface area is 184 Å². The highest BCUT2D eigenvalue weighted by Crippen LogP contribution is 2.21. The summed E-state index contributed by atoms with van der Waals surface area (Å²) in [5, 5.41) is 0.593. The Kier molecular flexibility index (Phi) is 5.32. The fourth-order valence-corrected chi connectivity index (χ4v) is 4.11. The van der Waals surface area contributed by atoms with E-state index < -0.39 is 0 Å². The van der Waals surface area contributed by atoms with Crippen LogP contribution in [0.3, 0.4) is 0 Å². The SMILES string of the molecule is COCCn1cnc2cc(N3CCN(C(=O)c4ccc5nc[nH]c5c4)CC3)ccc2c1=O. The first-order valence-corrected chi connectivity index (χ1v) is 10.6. The zero-order valence-corrected chi connectivity index (χ0v) is 17.8. The van der Waals surface area contributed by atoms with E-state index in [1.807, 2.05) is 41.3 Å². The Morgan fingerprint density at radius 3 is 2.72 bits per heavy atom. The Morgan fingerprint density at radius 2 is 1.91 bits per heavy atom. The predicted octanol–water partition coefficient (Wildman–Crippen LogP) is 1.88. The molecule has 9 heteroatoms. The highest BCUT2D eigenvalue weighted by molar-refractivity contribution is 5.97. The molecule has 2 aromatic heterocycles. The van der Waals surface area contributed by atoms with E-state index in [0.717, 1.165) is 16.7 Å². The minimum absolute atomic E-state index is 0.0259. The Morgan fingerprint density at radius 1 is 1.06 bits per heavy atom. The zero-order chi connectivity index (χ0) is 22.1. The average Bonchev–Trinajstić information content (AvgIpc) is 3.31. The number of piperazine rings is 1. The maximum atomic E-state index is 12.9. The van der Waals surface area contributed by atoms with Crippen molar-refractivity contribution in [3.63, 3.8) is 0 Å². The normalized spacial score (nSPS) is 14.4. The number of rotatable bonds is 5. The van der Waals surface area contributed by atoms with E-state index >= 15 is 0 Å². The summed E-state index contributed by atoms with van der Waals surface area (Å²) in [6, 6.07) is 11.3. The average molecular weight is 432 g/mol. The number of methoxy groups -OCH3 is 1. The van der Waals surface area contributed by atoms with E-state index in [9.17, 15) is 9.59 Å². The van der Waals surface area contributed by atoms with E-state index in [-0.39, 0.29) is 11.5 Å². The van der Waals surface area contributed by atoms with Gasteiger partial charge in [0.05, 0.1) is 47.7 Å². The number of hydrogen-bond donors (Lipinski definition) is 1. The lowest BCUT2D eigenvalue weighted by molar-refractivity contribution is 0.0747. The van der Waals surface area contributed by atoms with Crippen LogP contribution in [-0.2, 0) is 11.3 Å². The lowest BCUT2D eigenvalue weighted by atomic mass is 10.1. The lowest BCUT2D eigenvalue weighted by Crippen LogP contribution is -2.48. The minimum atomic E-state index is -0.0664. The molecular weight excluding hydrogens is 408 g/mol. The summed E-state index contributed by atoms with van der Waals surface area (Å²) < 4.78 is 6.62. The number of hydrogen-bond acceptors (Lipinski definition) is 6. The van der Waals surface area contributed by atoms with Crippen LogP contribution < -0.4 is 10.5 Å². The van der Waals surface area contributed by atoms with Gasteiger partial charge in [0, 0.05) is 44.5 Å². The first kappa shape index (κ1) is 20.2. The molecule has 1 saturated heterocycles. The van der Waals surface area contributed by atoms with Crippen molar-refractivity contribution in [3.8, 4) is 0 Å². The largest absolute Gasteiger partial charge is 0.383 e. The molecule has 3 heterocycles. The maximum Gasteiger partial charge on any atom is 0.261 e. The molecule has 2 aromatic carbocycles. The van der Waals surface area contributed by atoms with Gasteiger partial charge >= 0.3 is 0 Å². The number of amides is 1. The number of anilines is 1. The van der Waals surface area contributed by atoms with Crippen molar-refractivity contribution in [2.75, 3.05) is 44.8 Å². The third-order valence-corrected chi connectivity index (χ3v) is 5.94. The van der Waals surface area contributed by atoms with E-state index in [2.05, 4.69) is 19.9 Å². The second-order valence-corrected chi connectivity index (χ2v) is 7.85. The van der Waals surface area contributed by atoms with Crippen LogP contribution in [0.2, 0.25) is 0 Å².